The number of allylic oxidation sites excluding steroid dienone is 1. The van der Waals surface area contributed by atoms with Crippen LogP contribution in [-0.2, 0) is 11.2 Å². The summed E-state index contributed by atoms with van der Waals surface area (Å²) >= 11 is 0. The van der Waals surface area contributed by atoms with Gasteiger partial charge in [0.25, 0.3) is 0 Å². The quantitative estimate of drug-likeness (QED) is 0.479. The summed E-state index contributed by atoms with van der Waals surface area (Å²) in [6, 6.07) is 3.93. The fourth-order valence-electron chi connectivity index (χ4n) is 1.74. The van der Waals surface area contributed by atoms with Crippen molar-refractivity contribution in [2.75, 3.05) is 0 Å². The van der Waals surface area contributed by atoms with Crippen LogP contribution in [0.1, 0.15) is 44.1 Å². The van der Waals surface area contributed by atoms with E-state index in [4.69, 9.17) is 0 Å². The van der Waals surface area contributed by atoms with Crippen LogP contribution >= 0.6 is 0 Å². The summed E-state index contributed by atoms with van der Waals surface area (Å²) in [6.45, 7) is 3.68. The van der Waals surface area contributed by atoms with Crippen LogP contribution < -0.4 is 0 Å². The summed E-state index contributed by atoms with van der Waals surface area (Å²) < 4.78 is 0. The van der Waals surface area contributed by atoms with Gasteiger partial charge in [-0.1, -0.05) is 18.6 Å². The van der Waals surface area contributed by atoms with Crippen molar-refractivity contribution in [2.45, 2.75) is 44.9 Å². The third-order valence-electron chi connectivity index (χ3n) is 2.78. The maximum atomic E-state index is 11.6. The lowest BCUT2D eigenvalue weighted by Gasteiger charge is -2.01. The average molecular weight is 231 g/mol. The Morgan fingerprint density at radius 1 is 1.29 bits per heavy atom. The zero-order chi connectivity index (χ0) is 12.3. The number of nitrogens with zero attached hydrogens (tertiary/aromatic N) is 1. The fourth-order valence-corrected chi connectivity index (χ4v) is 1.74. The fraction of sp³-hybridized carbons (Fsp3) is 0.467. The predicted molar refractivity (Wildman–Crippen MR) is 70.8 cm³/mol. The van der Waals surface area contributed by atoms with Crippen LogP contribution in [0.25, 0.3) is 0 Å². The van der Waals surface area contributed by atoms with Crippen molar-refractivity contribution in [3.63, 3.8) is 0 Å². The van der Waals surface area contributed by atoms with Crippen LogP contribution in [0.15, 0.2) is 37.2 Å². The first-order valence-electron chi connectivity index (χ1n) is 6.34. The molecule has 1 rings (SSSR count). The van der Waals surface area contributed by atoms with Crippen molar-refractivity contribution < 1.29 is 4.79 Å². The van der Waals surface area contributed by atoms with Crippen LogP contribution in [0.4, 0.5) is 0 Å². The van der Waals surface area contributed by atoms with E-state index in [1.54, 1.807) is 6.20 Å². The van der Waals surface area contributed by atoms with Crippen molar-refractivity contribution >= 4 is 5.78 Å². The highest BCUT2D eigenvalue weighted by Gasteiger charge is 2.02. The van der Waals surface area contributed by atoms with Gasteiger partial charge in [0.15, 0.2) is 0 Å². The van der Waals surface area contributed by atoms with Gasteiger partial charge in [0.1, 0.15) is 5.78 Å². The monoisotopic (exact) mass is 231 g/mol. The van der Waals surface area contributed by atoms with E-state index in [2.05, 4.69) is 11.6 Å². The predicted octanol–water partition coefficient (Wildman–Crippen LogP) is 3.72. The van der Waals surface area contributed by atoms with E-state index in [0.29, 0.717) is 12.2 Å². The number of hydrogen-bond acceptors (Lipinski definition) is 2. The molecule has 92 valence electrons. The van der Waals surface area contributed by atoms with E-state index in [9.17, 15) is 4.79 Å². The Kier molecular flexibility index (Phi) is 6.96. The van der Waals surface area contributed by atoms with Crippen molar-refractivity contribution in [3.8, 4) is 0 Å². The van der Waals surface area contributed by atoms with Gasteiger partial charge in [-0.3, -0.25) is 9.78 Å². The first kappa shape index (κ1) is 13.6. The molecule has 1 heterocycles. The van der Waals surface area contributed by atoms with Gasteiger partial charge in [0.2, 0.25) is 0 Å². The Bertz CT molecular complexity index is 332. The Balaban J connectivity index is 2.07. The van der Waals surface area contributed by atoms with Gasteiger partial charge in [-0.15, -0.1) is 6.58 Å². The Hall–Kier alpha value is -1.44. The second-order valence-corrected chi connectivity index (χ2v) is 4.29. The van der Waals surface area contributed by atoms with E-state index in [0.717, 1.165) is 44.1 Å². The number of pyridine rings is 1. The highest BCUT2D eigenvalue weighted by atomic mass is 16.1. The van der Waals surface area contributed by atoms with E-state index in [1.165, 1.54) is 0 Å². The molecule has 0 aliphatic carbocycles. The normalized spacial score (nSPS) is 10.1. The van der Waals surface area contributed by atoms with Crippen molar-refractivity contribution in [3.05, 3.63) is 42.7 Å². The molecule has 0 saturated carbocycles. The first-order chi connectivity index (χ1) is 8.33. The number of aryl methyl sites for hydroxylation is 1. The summed E-state index contributed by atoms with van der Waals surface area (Å²) in [5, 5.41) is 0. The molecule has 0 aliphatic rings. The molecule has 0 unspecified atom stereocenters. The maximum absolute atomic E-state index is 11.6. The first-order valence-corrected chi connectivity index (χ1v) is 6.34. The maximum Gasteiger partial charge on any atom is 0.133 e. The van der Waals surface area contributed by atoms with Gasteiger partial charge in [0.05, 0.1) is 0 Å². The van der Waals surface area contributed by atoms with E-state index < -0.39 is 0 Å². The smallest absolute Gasteiger partial charge is 0.133 e. The minimum atomic E-state index is 0.368. The van der Waals surface area contributed by atoms with Gasteiger partial charge >= 0.3 is 0 Å². The molecule has 1 aromatic rings. The van der Waals surface area contributed by atoms with Crippen molar-refractivity contribution in [1.29, 1.82) is 0 Å². The van der Waals surface area contributed by atoms with E-state index in [1.807, 2.05) is 24.4 Å². The second kappa shape index (κ2) is 8.68. The zero-order valence-electron chi connectivity index (χ0n) is 10.4. The largest absolute Gasteiger partial charge is 0.300 e. The summed E-state index contributed by atoms with van der Waals surface area (Å²) in [5.41, 5.74) is 1.15. The number of ketones is 1. The van der Waals surface area contributed by atoms with E-state index >= 15 is 0 Å². The molecule has 0 fully saturated rings. The molecule has 17 heavy (non-hydrogen) atoms. The number of carbonyl (C=O) groups is 1. The second-order valence-electron chi connectivity index (χ2n) is 4.29. The van der Waals surface area contributed by atoms with Crippen LogP contribution in [0, 0.1) is 0 Å². The molecule has 2 nitrogen and oxygen atoms in total. The van der Waals surface area contributed by atoms with Gasteiger partial charge < -0.3 is 0 Å². The summed E-state index contributed by atoms with van der Waals surface area (Å²) in [7, 11) is 0. The molecule has 0 aromatic carbocycles. The molecule has 0 aliphatic heterocycles. The van der Waals surface area contributed by atoms with Gasteiger partial charge in [-0.2, -0.15) is 0 Å². The molecule has 0 spiro atoms. The molecule has 0 saturated heterocycles. The third-order valence-corrected chi connectivity index (χ3v) is 2.78. The number of Topliss-reactive ketones (excluding diaryl/α,β-unsaturated/α-hetero) is 1. The standard InChI is InChI=1S/C15H21NO/c1-2-3-4-5-6-9-15(17)11-10-14-8-7-12-16-13-14/h2,7-8,12-13H,1,3-6,9-11H2. The number of unbranched alkanes of at least 4 members (excludes halogenated alkanes) is 3. The third kappa shape index (κ3) is 6.67. The van der Waals surface area contributed by atoms with Gasteiger partial charge in [0, 0.05) is 25.2 Å². The Morgan fingerprint density at radius 2 is 2.18 bits per heavy atom. The molecule has 0 N–H and O–H groups in total. The minimum absolute atomic E-state index is 0.368. The van der Waals surface area contributed by atoms with Crippen LogP contribution in [0.3, 0.4) is 0 Å². The Morgan fingerprint density at radius 3 is 2.88 bits per heavy atom. The highest BCUT2D eigenvalue weighted by Crippen LogP contribution is 2.07. The SMILES string of the molecule is C=CCCCCCC(=O)CCc1cccnc1. The Labute approximate surface area is 104 Å². The number of hydrogen-bond donors (Lipinski definition) is 0. The number of rotatable bonds is 9. The van der Waals surface area contributed by atoms with E-state index in [-0.39, 0.29) is 0 Å². The van der Waals surface area contributed by atoms with Gasteiger partial charge in [-0.05, 0) is 37.3 Å². The van der Waals surface area contributed by atoms with Crippen LogP contribution in [0.2, 0.25) is 0 Å². The van der Waals surface area contributed by atoms with Crippen molar-refractivity contribution in [1.82, 2.24) is 4.98 Å². The molecule has 2 heteroatoms. The van der Waals surface area contributed by atoms with Gasteiger partial charge in [-0.25, -0.2) is 0 Å². The lowest BCUT2D eigenvalue weighted by Crippen LogP contribution is -2.00. The molecule has 0 amide bonds. The van der Waals surface area contributed by atoms with Crippen LogP contribution in [0.5, 0.6) is 0 Å². The topological polar surface area (TPSA) is 30.0 Å². The lowest BCUT2D eigenvalue weighted by atomic mass is 10.0. The molecule has 0 bridgehead atoms. The highest BCUT2D eigenvalue weighted by molar-refractivity contribution is 5.78. The summed E-state index contributed by atoms with van der Waals surface area (Å²) in [4.78, 5) is 15.6. The number of carbonyl (C=O) groups excluding carboxylic acids is 1. The number of aromatic nitrogens is 1. The lowest BCUT2D eigenvalue weighted by molar-refractivity contribution is -0.119. The molecular formula is C15H21NO. The zero-order valence-corrected chi connectivity index (χ0v) is 10.4. The minimum Gasteiger partial charge on any atom is -0.300 e. The molecule has 1 aromatic heterocycles. The summed E-state index contributed by atoms with van der Waals surface area (Å²) in [6.07, 6.45) is 12.1. The summed E-state index contributed by atoms with van der Waals surface area (Å²) in [5.74, 6) is 0.368. The molecule has 0 radical (unpaired) electrons. The van der Waals surface area contributed by atoms with Crippen molar-refractivity contribution in [2.24, 2.45) is 0 Å². The molecular weight excluding hydrogens is 210 g/mol. The average Bonchev–Trinajstić information content (AvgIpc) is 2.37. The van der Waals surface area contributed by atoms with Crippen LogP contribution in [-0.4, -0.2) is 10.8 Å². The molecule has 0 atom stereocenters.